The summed E-state index contributed by atoms with van der Waals surface area (Å²) in [4.78, 5) is 15.2. The minimum atomic E-state index is -3.94. The first-order valence-corrected chi connectivity index (χ1v) is 18.7. The van der Waals surface area contributed by atoms with E-state index in [1.165, 1.54) is 12.5 Å². The molecule has 9 nitrogen and oxygen atoms in total. The SMILES string of the molecule is CC(C)(C)OC(=O)N(CCc1ccc(-c2ccc(S(N)(=O)=O)c(OC3CCCCC3)c2)cc1)C[C@H](OC1CCCCO1)c1ccccc1. The van der Waals surface area contributed by atoms with Crippen molar-refractivity contribution >= 4 is 16.1 Å². The van der Waals surface area contributed by atoms with Crippen LogP contribution in [0.25, 0.3) is 11.1 Å². The van der Waals surface area contributed by atoms with Crippen LogP contribution in [0.3, 0.4) is 0 Å². The molecule has 2 N–H and O–H groups in total. The summed E-state index contributed by atoms with van der Waals surface area (Å²) in [5, 5.41) is 5.54. The number of carbonyl (C=O) groups is 1. The second-order valence-electron chi connectivity index (χ2n) is 13.8. The van der Waals surface area contributed by atoms with Crippen molar-refractivity contribution in [2.75, 3.05) is 19.7 Å². The topological polar surface area (TPSA) is 117 Å². The van der Waals surface area contributed by atoms with E-state index in [9.17, 15) is 13.2 Å². The molecule has 0 radical (unpaired) electrons. The maximum Gasteiger partial charge on any atom is 0.410 e. The highest BCUT2D eigenvalue weighted by Gasteiger charge is 2.28. The number of nitrogens with zero attached hydrogens (tertiary/aromatic N) is 1. The molecule has 10 heteroatoms. The number of amides is 1. The number of ether oxygens (including phenoxy) is 4. The zero-order valence-corrected chi connectivity index (χ0v) is 29.3. The van der Waals surface area contributed by atoms with Crippen molar-refractivity contribution in [2.24, 2.45) is 5.14 Å². The summed E-state index contributed by atoms with van der Waals surface area (Å²) < 4.78 is 49.1. The zero-order chi connectivity index (χ0) is 34.1. The maximum absolute atomic E-state index is 13.5. The molecule has 1 aliphatic carbocycles. The lowest BCUT2D eigenvalue weighted by Crippen LogP contribution is -2.41. The van der Waals surface area contributed by atoms with Gasteiger partial charge in [0.25, 0.3) is 0 Å². The Morgan fingerprint density at radius 3 is 2.25 bits per heavy atom. The third-order valence-electron chi connectivity index (χ3n) is 8.72. The molecular formula is C38H50N2O7S. The van der Waals surface area contributed by atoms with Crippen LogP contribution in [0.1, 0.15) is 89.4 Å². The van der Waals surface area contributed by atoms with Gasteiger partial charge in [0.2, 0.25) is 10.0 Å². The first-order chi connectivity index (χ1) is 22.9. The molecule has 1 heterocycles. The van der Waals surface area contributed by atoms with Gasteiger partial charge in [0.05, 0.1) is 12.6 Å². The summed E-state index contributed by atoms with van der Waals surface area (Å²) in [6.45, 7) is 7.01. The monoisotopic (exact) mass is 678 g/mol. The first kappa shape index (κ1) is 35.9. The summed E-state index contributed by atoms with van der Waals surface area (Å²) in [7, 11) is -3.94. The molecule has 1 saturated heterocycles. The van der Waals surface area contributed by atoms with Crippen molar-refractivity contribution in [3.05, 3.63) is 83.9 Å². The Kier molecular flexibility index (Phi) is 12.2. The standard InChI is InChI=1S/C38H50N2O7S/c1-38(2,3)47-37(41)40(27-34(30-12-6-4-7-13-30)46-36-16-10-11-25-44-36)24-23-28-17-19-29(20-18-28)31-21-22-35(48(39,42)43)33(26-31)45-32-14-8-5-9-15-32/h4,6-7,12-13,17-22,26,32,34,36H,5,8-11,14-16,23-25,27H2,1-3H3,(H2,39,42,43)/t34-,36?/m0/s1. The van der Waals surface area contributed by atoms with Gasteiger partial charge in [-0.05, 0) is 107 Å². The number of hydrogen-bond donors (Lipinski definition) is 1. The average molecular weight is 679 g/mol. The quantitative estimate of drug-likeness (QED) is 0.208. The van der Waals surface area contributed by atoms with Crippen LogP contribution in [0.15, 0.2) is 77.7 Å². The molecule has 260 valence electrons. The van der Waals surface area contributed by atoms with E-state index in [0.717, 1.165) is 67.2 Å². The molecular weight excluding hydrogens is 628 g/mol. The molecule has 2 atom stereocenters. The minimum Gasteiger partial charge on any atom is -0.489 e. The van der Waals surface area contributed by atoms with Crippen LogP contribution in [-0.2, 0) is 30.7 Å². The van der Waals surface area contributed by atoms with Gasteiger partial charge in [-0.15, -0.1) is 0 Å². The lowest BCUT2D eigenvalue weighted by Gasteiger charge is -2.33. The van der Waals surface area contributed by atoms with Gasteiger partial charge in [-0.2, -0.15) is 0 Å². The fourth-order valence-electron chi connectivity index (χ4n) is 6.19. The lowest BCUT2D eigenvalue weighted by molar-refractivity contribution is -0.192. The van der Waals surface area contributed by atoms with Gasteiger partial charge >= 0.3 is 6.09 Å². The Morgan fingerprint density at radius 1 is 0.917 bits per heavy atom. The van der Waals surface area contributed by atoms with E-state index in [1.54, 1.807) is 17.0 Å². The Labute approximate surface area is 285 Å². The zero-order valence-electron chi connectivity index (χ0n) is 28.4. The minimum absolute atomic E-state index is 0.00325. The van der Waals surface area contributed by atoms with Gasteiger partial charge in [0, 0.05) is 13.2 Å². The van der Waals surface area contributed by atoms with E-state index >= 15 is 0 Å². The molecule has 3 aromatic rings. The Bertz CT molecular complexity index is 1580. The number of hydrogen-bond acceptors (Lipinski definition) is 7. The molecule has 1 unspecified atom stereocenters. The summed E-state index contributed by atoms with van der Waals surface area (Å²) in [6, 6.07) is 23.0. The maximum atomic E-state index is 13.5. The molecule has 1 aliphatic heterocycles. The third-order valence-corrected chi connectivity index (χ3v) is 9.67. The van der Waals surface area contributed by atoms with E-state index in [2.05, 4.69) is 0 Å². The van der Waals surface area contributed by atoms with E-state index in [4.69, 9.17) is 24.1 Å². The molecule has 5 rings (SSSR count). The lowest BCUT2D eigenvalue weighted by atomic mass is 9.97. The normalized spacial score (nSPS) is 18.2. The van der Waals surface area contributed by atoms with Crippen molar-refractivity contribution in [3.63, 3.8) is 0 Å². The highest BCUT2D eigenvalue weighted by molar-refractivity contribution is 7.89. The number of carbonyl (C=O) groups excluding carboxylic acids is 1. The van der Waals surface area contributed by atoms with Gasteiger partial charge in [-0.3, -0.25) is 0 Å². The van der Waals surface area contributed by atoms with Crippen LogP contribution in [-0.4, -0.2) is 57.1 Å². The van der Waals surface area contributed by atoms with E-state index in [-0.39, 0.29) is 23.4 Å². The molecule has 0 aromatic heterocycles. The second-order valence-corrected chi connectivity index (χ2v) is 15.3. The first-order valence-electron chi connectivity index (χ1n) is 17.2. The third kappa shape index (κ3) is 10.5. The van der Waals surface area contributed by atoms with Crippen LogP contribution in [0, 0.1) is 0 Å². The summed E-state index contributed by atoms with van der Waals surface area (Å²) in [5.41, 5.74) is 3.13. The number of benzene rings is 3. The summed E-state index contributed by atoms with van der Waals surface area (Å²) in [6.07, 6.45) is 7.47. The Hall–Kier alpha value is -3.44. The van der Waals surface area contributed by atoms with Gasteiger partial charge in [0.1, 0.15) is 22.4 Å². The molecule has 48 heavy (non-hydrogen) atoms. The van der Waals surface area contributed by atoms with Crippen LogP contribution >= 0.6 is 0 Å². The van der Waals surface area contributed by atoms with Crippen molar-refractivity contribution in [2.45, 2.75) is 108 Å². The highest BCUT2D eigenvalue weighted by atomic mass is 32.2. The molecule has 2 fully saturated rings. The molecule has 1 amide bonds. The van der Waals surface area contributed by atoms with Crippen molar-refractivity contribution in [3.8, 4) is 16.9 Å². The number of nitrogens with two attached hydrogens (primary N) is 1. The molecule has 1 saturated carbocycles. The fraction of sp³-hybridized carbons (Fsp3) is 0.500. The van der Waals surface area contributed by atoms with Crippen molar-refractivity contribution in [1.29, 1.82) is 0 Å². The van der Waals surface area contributed by atoms with Crippen LogP contribution < -0.4 is 9.88 Å². The summed E-state index contributed by atoms with van der Waals surface area (Å²) in [5.74, 6) is 0.299. The number of primary sulfonamides is 1. The van der Waals surface area contributed by atoms with Gasteiger partial charge < -0.3 is 23.8 Å². The predicted molar refractivity (Wildman–Crippen MR) is 186 cm³/mol. The van der Waals surface area contributed by atoms with E-state index in [0.29, 0.717) is 31.9 Å². The van der Waals surface area contributed by atoms with E-state index in [1.807, 2.05) is 75.4 Å². The van der Waals surface area contributed by atoms with Crippen LogP contribution in [0.4, 0.5) is 4.79 Å². The largest absolute Gasteiger partial charge is 0.489 e. The van der Waals surface area contributed by atoms with Gasteiger partial charge in [0.15, 0.2) is 6.29 Å². The number of sulfonamides is 1. The van der Waals surface area contributed by atoms with Gasteiger partial charge in [-0.25, -0.2) is 18.4 Å². The molecule has 0 bridgehead atoms. The van der Waals surface area contributed by atoms with Crippen molar-refractivity contribution in [1.82, 2.24) is 4.90 Å². The molecule has 2 aliphatic rings. The molecule has 0 spiro atoms. The predicted octanol–water partition coefficient (Wildman–Crippen LogP) is 7.78. The Balaban J connectivity index is 1.32. The highest BCUT2D eigenvalue weighted by Crippen LogP contribution is 2.33. The fourth-order valence-corrected chi connectivity index (χ4v) is 6.83. The summed E-state index contributed by atoms with van der Waals surface area (Å²) >= 11 is 0. The van der Waals surface area contributed by atoms with Crippen LogP contribution in [0.5, 0.6) is 5.75 Å². The average Bonchev–Trinajstić information content (AvgIpc) is 3.06. The van der Waals surface area contributed by atoms with Crippen molar-refractivity contribution < 1.29 is 32.2 Å². The van der Waals surface area contributed by atoms with Crippen LogP contribution in [0.2, 0.25) is 0 Å². The van der Waals surface area contributed by atoms with Gasteiger partial charge in [-0.1, -0.05) is 67.1 Å². The smallest absolute Gasteiger partial charge is 0.410 e. The molecule has 3 aromatic carbocycles. The number of rotatable bonds is 12. The van der Waals surface area contributed by atoms with E-state index < -0.39 is 21.7 Å². The second kappa shape index (κ2) is 16.3. The Morgan fingerprint density at radius 2 is 1.60 bits per heavy atom.